The van der Waals surface area contributed by atoms with Crippen molar-refractivity contribution in [2.24, 2.45) is 11.3 Å². The zero-order chi connectivity index (χ0) is 13.7. The van der Waals surface area contributed by atoms with Crippen LogP contribution >= 0.6 is 0 Å². The molecule has 4 nitrogen and oxygen atoms in total. The molecule has 4 heteroatoms. The van der Waals surface area contributed by atoms with Gasteiger partial charge in [0, 0.05) is 39.4 Å². The molecule has 112 valence electrons. The Morgan fingerprint density at radius 3 is 2.74 bits per heavy atom. The number of nitrogens with one attached hydrogen (secondary N) is 1. The van der Waals surface area contributed by atoms with E-state index in [2.05, 4.69) is 24.1 Å². The molecule has 0 aromatic heterocycles. The number of piperidine rings is 1. The lowest BCUT2D eigenvalue weighted by atomic mass is 9.78. The first-order valence-electron chi connectivity index (χ1n) is 7.84. The minimum Gasteiger partial charge on any atom is -0.393 e. The van der Waals surface area contributed by atoms with Crippen LogP contribution in [-0.4, -0.2) is 62.0 Å². The average Bonchev–Trinajstić information content (AvgIpc) is 2.42. The van der Waals surface area contributed by atoms with Gasteiger partial charge in [0.25, 0.3) is 0 Å². The summed E-state index contributed by atoms with van der Waals surface area (Å²) in [6, 6.07) is 0. The van der Waals surface area contributed by atoms with Gasteiger partial charge in [0.05, 0.1) is 6.10 Å². The highest BCUT2D eigenvalue weighted by Gasteiger charge is 2.36. The predicted octanol–water partition coefficient (Wildman–Crippen LogP) is 1.10. The van der Waals surface area contributed by atoms with Crippen LogP contribution in [0.1, 0.15) is 33.1 Å². The zero-order valence-corrected chi connectivity index (χ0v) is 12.5. The van der Waals surface area contributed by atoms with Crippen LogP contribution in [0.4, 0.5) is 0 Å². The third-order valence-corrected chi connectivity index (χ3v) is 4.81. The SMILES string of the molecule is CCNCC1(CN2CCC(O)C(C)C2)CCOCC1. The summed E-state index contributed by atoms with van der Waals surface area (Å²) in [7, 11) is 0. The molecule has 2 fully saturated rings. The summed E-state index contributed by atoms with van der Waals surface area (Å²) >= 11 is 0. The first-order valence-corrected chi connectivity index (χ1v) is 7.84. The van der Waals surface area contributed by atoms with Crippen molar-refractivity contribution in [2.45, 2.75) is 39.2 Å². The normalized spacial score (nSPS) is 32.4. The summed E-state index contributed by atoms with van der Waals surface area (Å²) in [6.07, 6.45) is 3.14. The Morgan fingerprint density at radius 1 is 1.37 bits per heavy atom. The lowest BCUT2D eigenvalue weighted by molar-refractivity contribution is -0.0270. The van der Waals surface area contributed by atoms with Gasteiger partial charge in [0.1, 0.15) is 0 Å². The first kappa shape index (κ1) is 15.2. The van der Waals surface area contributed by atoms with E-state index < -0.39 is 0 Å². The van der Waals surface area contributed by atoms with Crippen molar-refractivity contribution in [1.82, 2.24) is 10.2 Å². The summed E-state index contributed by atoms with van der Waals surface area (Å²) in [4.78, 5) is 2.56. The molecule has 0 aromatic rings. The molecule has 2 unspecified atom stereocenters. The molecular formula is C15H30N2O2. The number of likely N-dealkylation sites (tertiary alicyclic amines) is 1. The topological polar surface area (TPSA) is 44.7 Å². The van der Waals surface area contributed by atoms with Crippen molar-refractivity contribution in [2.75, 3.05) is 45.9 Å². The van der Waals surface area contributed by atoms with Gasteiger partial charge in [-0.05, 0) is 37.1 Å². The highest BCUT2D eigenvalue weighted by Crippen LogP contribution is 2.32. The highest BCUT2D eigenvalue weighted by atomic mass is 16.5. The van der Waals surface area contributed by atoms with Crippen LogP contribution in [0.5, 0.6) is 0 Å². The zero-order valence-electron chi connectivity index (χ0n) is 12.5. The molecule has 19 heavy (non-hydrogen) atoms. The smallest absolute Gasteiger partial charge is 0.0590 e. The molecule has 0 saturated carbocycles. The average molecular weight is 270 g/mol. The summed E-state index contributed by atoms with van der Waals surface area (Å²) in [5.74, 6) is 0.407. The van der Waals surface area contributed by atoms with Gasteiger partial charge in [-0.3, -0.25) is 0 Å². The second-order valence-electron chi connectivity index (χ2n) is 6.46. The van der Waals surface area contributed by atoms with Gasteiger partial charge in [-0.25, -0.2) is 0 Å². The Balaban J connectivity index is 1.91. The van der Waals surface area contributed by atoms with Gasteiger partial charge in [-0.15, -0.1) is 0 Å². The molecule has 0 spiro atoms. The molecule has 2 rings (SSSR count). The minimum absolute atomic E-state index is 0.101. The van der Waals surface area contributed by atoms with Crippen molar-refractivity contribution in [3.63, 3.8) is 0 Å². The van der Waals surface area contributed by atoms with Gasteiger partial charge in [0.15, 0.2) is 0 Å². The summed E-state index contributed by atoms with van der Waals surface area (Å²) in [5.41, 5.74) is 0.371. The molecule has 0 aliphatic carbocycles. The van der Waals surface area contributed by atoms with Crippen LogP contribution in [0.15, 0.2) is 0 Å². The number of ether oxygens (including phenoxy) is 1. The second kappa shape index (κ2) is 7.02. The van der Waals surface area contributed by atoms with E-state index in [4.69, 9.17) is 4.74 Å². The summed E-state index contributed by atoms with van der Waals surface area (Å²) < 4.78 is 5.55. The number of hydrogen-bond acceptors (Lipinski definition) is 4. The molecule has 2 N–H and O–H groups in total. The van der Waals surface area contributed by atoms with Gasteiger partial charge >= 0.3 is 0 Å². The maximum absolute atomic E-state index is 9.85. The molecule has 2 heterocycles. The first-order chi connectivity index (χ1) is 9.15. The fraction of sp³-hybridized carbons (Fsp3) is 1.00. The molecule has 2 saturated heterocycles. The summed E-state index contributed by atoms with van der Waals surface area (Å²) in [5, 5.41) is 13.4. The third kappa shape index (κ3) is 4.15. The van der Waals surface area contributed by atoms with E-state index in [9.17, 15) is 5.11 Å². The predicted molar refractivity (Wildman–Crippen MR) is 77.3 cm³/mol. The van der Waals surface area contributed by atoms with E-state index in [1.54, 1.807) is 0 Å². The molecule has 0 amide bonds. The highest BCUT2D eigenvalue weighted by molar-refractivity contribution is 4.89. The number of aliphatic hydroxyl groups excluding tert-OH is 1. The molecule has 2 aliphatic rings. The number of hydrogen-bond donors (Lipinski definition) is 2. The lowest BCUT2D eigenvalue weighted by Gasteiger charge is -2.44. The van der Waals surface area contributed by atoms with E-state index >= 15 is 0 Å². The Bertz CT molecular complexity index is 267. The van der Waals surface area contributed by atoms with Crippen molar-refractivity contribution < 1.29 is 9.84 Å². The van der Waals surface area contributed by atoms with Gasteiger partial charge < -0.3 is 20.1 Å². The fourth-order valence-electron chi connectivity index (χ4n) is 3.42. The molecule has 0 radical (unpaired) electrons. The van der Waals surface area contributed by atoms with Crippen molar-refractivity contribution in [3.05, 3.63) is 0 Å². The van der Waals surface area contributed by atoms with Crippen LogP contribution in [0.3, 0.4) is 0 Å². The molecule has 2 atom stereocenters. The Morgan fingerprint density at radius 2 is 2.11 bits per heavy atom. The Kier molecular flexibility index (Phi) is 5.63. The van der Waals surface area contributed by atoms with Crippen LogP contribution in [0.25, 0.3) is 0 Å². The van der Waals surface area contributed by atoms with Crippen molar-refractivity contribution in [3.8, 4) is 0 Å². The van der Waals surface area contributed by atoms with Gasteiger partial charge in [0.2, 0.25) is 0 Å². The molecule has 2 aliphatic heterocycles. The van der Waals surface area contributed by atoms with Crippen molar-refractivity contribution in [1.29, 1.82) is 0 Å². The minimum atomic E-state index is -0.101. The fourth-order valence-corrected chi connectivity index (χ4v) is 3.42. The standard InChI is InChI=1S/C15H30N2O2/c1-3-16-11-15(5-8-19-9-6-15)12-17-7-4-14(18)13(2)10-17/h13-14,16,18H,3-12H2,1-2H3. The van der Waals surface area contributed by atoms with Crippen molar-refractivity contribution >= 4 is 0 Å². The number of aliphatic hydroxyl groups is 1. The maximum atomic E-state index is 9.85. The molecule has 0 aromatic carbocycles. The van der Waals surface area contributed by atoms with E-state index in [0.717, 1.165) is 65.2 Å². The summed E-state index contributed by atoms with van der Waals surface area (Å²) in [6.45, 7) is 11.5. The van der Waals surface area contributed by atoms with Gasteiger partial charge in [-0.1, -0.05) is 13.8 Å². The second-order valence-corrected chi connectivity index (χ2v) is 6.46. The third-order valence-electron chi connectivity index (χ3n) is 4.81. The monoisotopic (exact) mass is 270 g/mol. The maximum Gasteiger partial charge on any atom is 0.0590 e. The number of rotatable bonds is 5. The Labute approximate surface area is 117 Å². The van der Waals surface area contributed by atoms with E-state index in [0.29, 0.717) is 11.3 Å². The largest absolute Gasteiger partial charge is 0.393 e. The van der Waals surface area contributed by atoms with Crippen LogP contribution < -0.4 is 5.32 Å². The van der Waals surface area contributed by atoms with Gasteiger partial charge in [-0.2, -0.15) is 0 Å². The van der Waals surface area contributed by atoms with E-state index in [-0.39, 0.29) is 6.10 Å². The quantitative estimate of drug-likeness (QED) is 0.785. The van der Waals surface area contributed by atoms with Crippen LogP contribution in [0.2, 0.25) is 0 Å². The molecular weight excluding hydrogens is 240 g/mol. The molecule has 0 bridgehead atoms. The van der Waals surface area contributed by atoms with Crippen LogP contribution in [-0.2, 0) is 4.74 Å². The Hall–Kier alpha value is -0.160. The van der Waals surface area contributed by atoms with E-state index in [1.165, 1.54) is 0 Å². The lowest BCUT2D eigenvalue weighted by Crippen LogP contribution is -2.51. The number of nitrogens with zero attached hydrogens (tertiary/aromatic N) is 1. The van der Waals surface area contributed by atoms with E-state index in [1.807, 2.05) is 0 Å². The van der Waals surface area contributed by atoms with Crippen LogP contribution in [0, 0.1) is 11.3 Å².